The summed E-state index contributed by atoms with van der Waals surface area (Å²) in [6, 6.07) is 5.89. The SMILES string of the molecule is COC(=O)[C@@H](NC(=O)c1ccc(C#CC#C[C@@H]2C[C@H]2CO)cc1)C1(N)CCC1.O=C(O)C(F)(F)F. The minimum absolute atomic E-state index is 0.179. The van der Waals surface area contributed by atoms with E-state index in [9.17, 15) is 22.8 Å². The van der Waals surface area contributed by atoms with Crippen LogP contribution in [0.15, 0.2) is 24.3 Å². The molecule has 1 aromatic carbocycles. The highest BCUT2D eigenvalue weighted by Crippen LogP contribution is 2.36. The van der Waals surface area contributed by atoms with Crippen molar-refractivity contribution in [3.05, 3.63) is 35.4 Å². The smallest absolute Gasteiger partial charge is 0.475 e. The standard InChI is InChI=1S/C22H24N2O4.C2HF3O2/c1-28-21(27)19(22(23)11-4-12-22)24-20(26)16-9-7-15(8-10-16)5-2-3-6-17-13-18(17)14-25;3-2(4,5)1(6)7/h7-10,17-19,25H,4,11-14,23H2,1H3,(H,24,26);(H,6,7)/t17-,18+,19-;/m1./s1. The number of hydrogen-bond donors (Lipinski definition) is 4. The second kappa shape index (κ2) is 11.7. The van der Waals surface area contributed by atoms with E-state index in [2.05, 4.69) is 29.0 Å². The number of benzene rings is 1. The number of esters is 1. The van der Waals surface area contributed by atoms with Crippen molar-refractivity contribution in [3.8, 4) is 23.7 Å². The summed E-state index contributed by atoms with van der Waals surface area (Å²) in [5.41, 5.74) is 6.63. The summed E-state index contributed by atoms with van der Waals surface area (Å²) >= 11 is 0. The fraction of sp³-hybridized carbons (Fsp3) is 0.458. The van der Waals surface area contributed by atoms with E-state index < -0.39 is 29.7 Å². The number of carboxylic acids is 1. The van der Waals surface area contributed by atoms with E-state index in [1.807, 2.05) is 0 Å². The Morgan fingerprint density at radius 2 is 1.83 bits per heavy atom. The molecule has 35 heavy (non-hydrogen) atoms. The number of ether oxygens (including phenoxy) is 1. The Balaban J connectivity index is 0.000000540. The third-order valence-corrected chi connectivity index (χ3v) is 5.65. The molecule has 1 amide bonds. The van der Waals surface area contributed by atoms with Crippen molar-refractivity contribution in [3.63, 3.8) is 0 Å². The van der Waals surface area contributed by atoms with E-state index in [0.29, 0.717) is 24.3 Å². The maximum atomic E-state index is 12.5. The lowest BCUT2D eigenvalue weighted by Gasteiger charge is -2.43. The lowest BCUT2D eigenvalue weighted by molar-refractivity contribution is -0.192. The summed E-state index contributed by atoms with van der Waals surface area (Å²) in [6.45, 7) is 0.179. The Morgan fingerprint density at radius 1 is 1.23 bits per heavy atom. The van der Waals surface area contributed by atoms with E-state index in [1.165, 1.54) is 7.11 Å². The number of aliphatic hydroxyl groups excluding tert-OH is 1. The number of aliphatic hydroxyl groups is 1. The van der Waals surface area contributed by atoms with E-state index in [1.54, 1.807) is 24.3 Å². The molecule has 2 aliphatic rings. The van der Waals surface area contributed by atoms with Crippen molar-refractivity contribution >= 4 is 17.8 Å². The molecule has 2 fully saturated rings. The van der Waals surface area contributed by atoms with Crippen molar-refractivity contribution < 1.29 is 42.5 Å². The molecule has 2 saturated carbocycles. The first-order valence-corrected chi connectivity index (χ1v) is 10.6. The van der Waals surface area contributed by atoms with Crippen molar-refractivity contribution in [2.75, 3.05) is 13.7 Å². The Morgan fingerprint density at radius 3 is 2.26 bits per heavy atom. The summed E-state index contributed by atoms with van der Waals surface area (Å²) in [4.78, 5) is 33.5. The summed E-state index contributed by atoms with van der Waals surface area (Å²) < 4.78 is 36.5. The van der Waals surface area contributed by atoms with E-state index >= 15 is 0 Å². The van der Waals surface area contributed by atoms with Crippen LogP contribution in [0.5, 0.6) is 0 Å². The van der Waals surface area contributed by atoms with Gasteiger partial charge in [0.25, 0.3) is 5.91 Å². The van der Waals surface area contributed by atoms with Crippen LogP contribution in [-0.2, 0) is 14.3 Å². The van der Waals surface area contributed by atoms with Crippen LogP contribution in [0.25, 0.3) is 0 Å². The molecule has 0 bridgehead atoms. The Labute approximate surface area is 200 Å². The van der Waals surface area contributed by atoms with Crippen molar-refractivity contribution in [1.82, 2.24) is 5.32 Å². The number of aliphatic carboxylic acids is 1. The van der Waals surface area contributed by atoms with Crippen LogP contribution < -0.4 is 11.1 Å². The van der Waals surface area contributed by atoms with Crippen LogP contribution in [0.2, 0.25) is 0 Å². The van der Waals surface area contributed by atoms with Crippen molar-refractivity contribution in [2.45, 2.75) is 43.4 Å². The van der Waals surface area contributed by atoms with Gasteiger partial charge in [0.1, 0.15) is 6.04 Å². The van der Waals surface area contributed by atoms with E-state index in [4.69, 9.17) is 25.5 Å². The van der Waals surface area contributed by atoms with Gasteiger partial charge in [0, 0.05) is 29.2 Å². The zero-order valence-electron chi connectivity index (χ0n) is 18.8. The predicted octanol–water partition coefficient (Wildman–Crippen LogP) is 1.46. The van der Waals surface area contributed by atoms with Crippen molar-refractivity contribution in [1.29, 1.82) is 0 Å². The van der Waals surface area contributed by atoms with Gasteiger partial charge in [-0.3, -0.25) is 4.79 Å². The molecule has 3 rings (SSSR count). The average Bonchev–Trinajstić information content (AvgIpc) is 3.57. The van der Waals surface area contributed by atoms with Gasteiger partial charge in [-0.05, 0) is 67.7 Å². The van der Waals surface area contributed by atoms with Gasteiger partial charge in [-0.25, -0.2) is 9.59 Å². The van der Waals surface area contributed by atoms with Crippen LogP contribution in [0.4, 0.5) is 13.2 Å². The van der Waals surface area contributed by atoms with Crippen LogP contribution >= 0.6 is 0 Å². The summed E-state index contributed by atoms with van der Waals surface area (Å²) in [5, 5.41) is 18.8. The normalized spacial score (nSPS) is 20.1. The maximum absolute atomic E-state index is 12.5. The molecule has 5 N–H and O–H groups in total. The number of halogens is 3. The second-order valence-electron chi connectivity index (χ2n) is 8.20. The number of nitrogens with two attached hydrogens (primary N) is 1. The van der Waals surface area contributed by atoms with Gasteiger partial charge >= 0.3 is 18.1 Å². The molecule has 0 radical (unpaired) electrons. The Bertz CT molecular complexity index is 1060. The minimum atomic E-state index is -5.08. The third-order valence-electron chi connectivity index (χ3n) is 5.65. The van der Waals surface area contributed by atoms with Gasteiger partial charge in [0.05, 0.1) is 7.11 Å². The monoisotopic (exact) mass is 494 g/mol. The first kappa shape index (κ1) is 27.7. The van der Waals surface area contributed by atoms with Gasteiger partial charge < -0.3 is 26.0 Å². The molecule has 0 saturated heterocycles. The first-order valence-electron chi connectivity index (χ1n) is 10.6. The summed E-state index contributed by atoms with van der Waals surface area (Å²) in [7, 11) is 1.28. The number of hydrogen-bond acceptors (Lipinski definition) is 6. The van der Waals surface area contributed by atoms with Crippen LogP contribution in [0, 0.1) is 35.5 Å². The number of rotatable bonds is 5. The molecule has 0 unspecified atom stereocenters. The molecule has 8 nitrogen and oxygen atoms in total. The lowest BCUT2D eigenvalue weighted by atomic mass is 9.72. The van der Waals surface area contributed by atoms with Crippen LogP contribution in [0.1, 0.15) is 41.6 Å². The fourth-order valence-corrected chi connectivity index (χ4v) is 3.21. The van der Waals surface area contributed by atoms with E-state index in [0.717, 1.165) is 18.4 Å². The molecule has 0 aromatic heterocycles. The average molecular weight is 494 g/mol. The largest absolute Gasteiger partial charge is 0.490 e. The van der Waals surface area contributed by atoms with Gasteiger partial charge in [0.2, 0.25) is 0 Å². The molecule has 3 atom stereocenters. The molecule has 0 spiro atoms. The molecular weight excluding hydrogens is 469 g/mol. The lowest BCUT2D eigenvalue weighted by Crippen LogP contribution is -2.65. The van der Waals surface area contributed by atoms with Gasteiger partial charge in [-0.15, -0.1) is 0 Å². The highest BCUT2D eigenvalue weighted by atomic mass is 19.4. The number of alkyl halides is 3. The molecule has 11 heteroatoms. The third kappa shape index (κ3) is 8.02. The Kier molecular flexibility index (Phi) is 9.29. The number of carboxylic acid groups (broad SMARTS) is 1. The summed E-state index contributed by atoms with van der Waals surface area (Å²) in [6.07, 6.45) is -1.88. The van der Waals surface area contributed by atoms with Crippen molar-refractivity contribution in [2.24, 2.45) is 17.6 Å². The first-order chi connectivity index (χ1) is 16.4. The topological polar surface area (TPSA) is 139 Å². The Hall–Kier alpha value is -3.54. The van der Waals surface area contributed by atoms with Gasteiger partial charge in [-0.2, -0.15) is 13.2 Å². The molecule has 2 aliphatic carbocycles. The zero-order valence-corrected chi connectivity index (χ0v) is 18.8. The highest BCUT2D eigenvalue weighted by Gasteiger charge is 2.46. The number of nitrogens with one attached hydrogen (secondary N) is 1. The predicted molar refractivity (Wildman–Crippen MR) is 118 cm³/mol. The van der Waals surface area contributed by atoms with E-state index in [-0.39, 0.29) is 18.4 Å². The molecule has 1 aromatic rings. The number of carbonyl (C=O) groups excluding carboxylic acids is 2. The van der Waals surface area contributed by atoms with Gasteiger partial charge in [-0.1, -0.05) is 11.8 Å². The zero-order chi connectivity index (χ0) is 26.2. The highest BCUT2D eigenvalue weighted by molar-refractivity contribution is 5.97. The van der Waals surface area contributed by atoms with Crippen LogP contribution in [0.3, 0.4) is 0 Å². The second-order valence-corrected chi connectivity index (χ2v) is 8.20. The van der Waals surface area contributed by atoms with Gasteiger partial charge in [0.15, 0.2) is 0 Å². The quantitative estimate of drug-likeness (QED) is 0.359. The number of amides is 1. The number of carbonyl (C=O) groups is 3. The van der Waals surface area contributed by atoms with Crippen LogP contribution in [-0.4, -0.2) is 59.5 Å². The molecular formula is C24H25F3N2O6. The summed E-state index contributed by atoms with van der Waals surface area (Å²) in [5.74, 6) is 8.42. The molecule has 0 aliphatic heterocycles. The maximum Gasteiger partial charge on any atom is 0.490 e. The molecule has 188 valence electrons. The number of methoxy groups -OCH3 is 1. The minimum Gasteiger partial charge on any atom is -0.475 e. The fourth-order valence-electron chi connectivity index (χ4n) is 3.21. The molecule has 0 heterocycles.